The second-order valence-electron chi connectivity index (χ2n) is 5.06. The highest BCUT2D eigenvalue weighted by Gasteiger charge is 2.19. The fourth-order valence-corrected chi connectivity index (χ4v) is 2.23. The van der Waals surface area contributed by atoms with E-state index < -0.39 is 0 Å². The minimum absolute atomic E-state index is 0.132. The zero-order valence-corrected chi connectivity index (χ0v) is 12.2. The smallest absolute Gasteiger partial charge is 0.131 e. The lowest BCUT2D eigenvalue weighted by molar-refractivity contribution is -0.118. The van der Waals surface area contributed by atoms with E-state index in [-0.39, 0.29) is 11.8 Å². The Bertz CT molecular complexity index is 438. The number of aryl methyl sites for hydroxylation is 2. The van der Waals surface area contributed by atoms with Crippen molar-refractivity contribution in [1.82, 2.24) is 4.90 Å². The summed E-state index contributed by atoms with van der Waals surface area (Å²) in [5, 5.41) is 0. The summed E-state index contributed by atoms with van der Waals surface area (Å²) in [7, 11) is 5.69. The number of hydrogen-bond acceptors (Lipinski definition) is 3. The fourth-order valence-electron chi connectivity index (χ4n) is 2.23. The monoisotopic (exact) mass is 249 g/mol. The molecule has 0 heterocycles. The fraction of sp³-hybridized carbons (Fsp3) is 0.533. The summed E-state index contributed by atoms with van der Waals surface area (Å²) in [5.74, 6) is 1.11. The topological polar surface area (TPSA) is 29.5 Å². The second kappa shape index (κ2) is 6.01. The molecule has 0 radical (unpaired) electrons. The van der Waals surface area contributed by atoms with Gasteiger partial charge < -0.3 is 9.64 Å². The average molecular weight is 249 g/mol. The lowest BCUT2D eigenvalue weighted by Gasteiger charge is -2.26. The van der Waals surface area contributed by atoms with Crippen molar-refractivity contribution in [1.29, 1.82) is 0 Å². The Labute approximate surface area is 110 Å². The molecule has 100 valence electrons. The molecule has 1 rings (SSSR count). The van der Waals surface area contributed by atoms with E-state index in [2.05, 4.69) is 17.9 Å². The highest BCUT2D eigenvalue weighted by molar-refractivity contribution is 5.76. The molecule has 0 amide bonds. The van der Waals surface area contributed by atoms with Gasteiger partial charge in [-0.25, -0.2) is 0 Å². The van der Waals surface area contributed by atoms with Crippen LogP contribution in [0.2, 0.25) is 0 Å². The lowest BCUT2D eigenvalue weighted by Crippen LogP contribution is -2.23. The molecule has 0 aliphatic heterocycles. The molecule has 0 N–H and O–H groups in total. The van der Waals surface area contributed by atoms with Crippen LogP contribution in [-0.4, -0.2) is 31.9 Å². The van der Waals surface area contributed by atoms with Crippen LogP contribution >= 0.6 is 0 Å². The van der Waals surface area contributed by atoms with Crippen molar-refractivity contribution in [3.8, 4) is 5.75 Å². The lowest BCUT2D eigenvalue weighted by atomic mass is 9.94. The van der Waals surface area contributed by atoms with Gasteiger partial charge in [0.1, 0.15) is 11.5 Å². The highest BCUT2D eigenvalue weighted by Crippen LogP contribution is 2.30. The van der Waals surface area contributed by atoms with Crippen molar-refractivity contribution in [2.45, 2.75) is 33.2 Å². The highest BCUT2D eigenvalue weighted by atomic mass is 16.5. The van der Waals surface area contributed by atoms with Gasteiger partial charge in [0.05, 0.1) is 7.11 Å². The van der Waals surface area contributed by atoms with Crippen molar-refractivity contribution in [2.24, 2.45) is 0 Å². The molecule has 0 fully saturated rings. The molecule has 1 atom stereocenters. The molecule has 0 spiro atoms. The number of Topliss-reactive ketones (excluding diaryl/α,β-unsaturated/α-hetero) is 1. The molecule has 3 nitrogen and oxygen atoms in total. The van der Waals surface area contributed by atoms with Gasteiger partial charge in [0.15, 0.2) is 0 Å². The van der Waals surface area contributed by atoms with E-state index in [1.165, 1.54) is 5.56 Å². The first-order valence-electron chi connectivity index (χ1n) is 6.17. The van der Waals surface area contributed by atoms with Crippen LogP contribution in [0.5, 0.6) is 5.75 Å². The summed E-state index contributed by atoms with van der Waals surface area (Å²) in [5.41, 5.74) is 3.47. The van der Waals surface area contributed by atoms with Crippen molar-refractivity contribution >= 4 is 5.78 Å². The van der Waals surface area contributed by atoms with Crippen LogP contribution in [0, 0.1) is 13.8 Å². The molecule has 1 aromatic carbocycles. The molecule has 0 bridgehead atoms. The SMILES string of the molecule is COc1cc(C)c(C(CC(C)=O)N(C)C)cc1C. The number of ether oxygens (including phenoxy) is 1. The van der Waals surface area contributed by atoms with Crippen molar-refractivity contribution in [3.05, 3.63) is 28.8 Å². The zero-order chi connectivity index (χ0) is 13.9. The van der Waals surface area contributed by atoms with Crippen molar-refractivity contribution in [3.63, 3.8) is 0 Å². The average Bonchev–Trinajstić information content (AvgIpc) is 2.28. The first-order chi connectivity index (χ1) is 8.36. The first-order valence-corrected chi connectivity index (χ1v) is 6.17. The maximum atomic E-state index is 11.4. The molecule has 0 saturated heterocycles. The Kier molecular flexibility index (Phi) is 4.91. The van der Waals surface area contributed by atoms with Gasteiger partial charge in [-0.15, -0.1) is 0 Å². The summed E-state index contributed by atoms with van der Waals surface area (Å²) in [4.78, 5) is 13.5. The maximum absolute atomic E-state index is 11.4. The summed E-state index contributed by atoms with van der Waals surface area (Å²) in [6.07, 6.45) is 0.541. The normalized spacial score (nSPS) is 12.6. The van der Waals surface area contributed by atoms with Gasteiger partial charge >= 0.3 is 0 Å². The summed E-state index contributed by atoms with van der Waals surface area (Å²) < 4.78 is 5.32. The molecule has 0 aliphatic carbocycles. The largest absolute Gasteiger partial charge is 0.496 e. The summed E-state index contributed by atoms with van der Waals surface area (Å²) in [6.45, 7) is 5.73. The van der Waals surface area contributed by atoms with Gasteiger partial charge in [-0.2, -0.15) is 0 Å². The van der Waals surface area contributed by atoms with E-state index in [9.17, 15) is 4.79 Å². The predicted molar refractivity (Wildman–Crippen MR) is 74.2 cm³/mol. The van der Waals surface area contributed by atoms with E-state index in [0.29, 0.717) is 6.42 Å². The minimum atomic E-state index is 0.132. The van der Waals surface area contributed by atoms with Crippen LogP contribution in [-0.2, 0) is 4.79 Å². The van der Waals surface area contributed by atoms with Crippen LogP contribution < -0.4 is 4.74 Å². The number of nitrogens with zero attached hydrogens (tertiary/aromatic N) is 1. The Morgan fingerprint density at radius 2 is 1.89 bits per heavy atom. The molecule has 0 aromatic heterocycles. The zero-order valence-electron chi connectivity index (χ0n) is 12.2. The molecular weight excluding hydrogens is 226 g/mol. The maximum Gasteiger partial charge on any atom is 0.131 e. The Balaban J connectivity index is 3.20. The molecule has 1 aromatic rings. The summed E-state index contributed by atoms with van der Waals surface area (Å²) in [6, 6.07) is 4.30. The number of rotatable bonds is 5. The Morgan fingerprint density at radius 1 is 1.28 bits per heavy atom. The van der Waals surface area contributed by atoms with Gasteiger partial charge in [-0.05, 0) is 57.6 Å². The van der Waals surface area contributed by atoms with E-state index in [1.54, 1.807) is 14.0 Å². The van der Waals surface area contributed by atoms with E-state index in [0.717, 1.165) is 16.9 Å². The van der Waals surface area contributed by atoms with E-state index in [4.69, 9.17) is 4.74 Å². The van der Waals surface area contributed by atoms with Crippen LogP contribution in [0.25, 0.3) is 0 Å². The van der Waals surface area contributed by atoms with Crippen molar-refractivity contribution in [2.75, 3.05) is 21.2 Å². The second-order valence-corrected chi connectivity index (χ2v) is 5.06. The molecule has 1 unspecified atom stereocenters. The predicted octanol–water partition coefficient (Wildman–Crippen LogP) is 2.89. The number of carbonyl (C=O) groups excluding carboxylic acids is 1. The van der Waals surface area contributed by atoms with Gasteiger partial charge in [-0.3, -0.25) is 4.79 Å². The third-order valence-electron chi connectivity index (χ3n) is 3.25. The Morgan fingerprint density at radius 3 is 2.33 bits per heavy atom. The molecule has 0 aliphatic rings. The Hall–Kier alpha value is -1.35. The quantitative estimate of drug-likeness (QED) is 0.803. The number of hydrogen-bond donors (Lipinski definition) is 0. The van der Waals surface area contributed by atoms with Crippen LogP contribution in [0.15, 0.2) is 12.1 Å². The van der Waals surface area contributed by atoms with Crippen LogP contribution in [0.4, 0.5) is 0 Å². The van der Waals surface area contributed by atoms with Crippen molar-refractivity contribution < 1.29 is 9.53 Å². The van der Waals surface area contributed by atoms with Gasteiger partial charge in [0.25, 0.3) is 0 Å². The minimum Gasteiger partial charge on any atom is -0.496 e. The number of methoxy groups -OCH3 is 1. The molecule has 0 saturated carbocycles. The van der Waals surface area contributed by atoms with Gasteiger partial charge in [-0.1, -0.05) is 6.07 Å². The van der Waals surface area contributed by atoms with Crippen LogP contribution in [0.1, 0.15) is 36.1 Å². The third kappa shape index (κ3) is 3.33. The molecular formula is C15H23NO2. The number of ketones is 1. The molecule has 3 heteroatoms. The number of carbonyl (C=O) groups is 1. The van der Waals surface area contributed by atoms with E-state index in [1.807, 2.05) is 27.1 Å². The van der Waals surface area contributed by atoms with Gasteiger partial charge in [0, 0.05) is 12.5 Å². The molecule has 18 heavy (non-hydrogen) atoms. The number of benzene rings is 1. The summed E-state index contributed by atoms with van der Waals surface area (Å²) >= 11 is 0. The van der Waals surface area contributed by atoms with Crippen LogP contribution in [0.3, 0.4) is 0 Å². The van der Waals surface area contributed by atoms with E-state index >= 15 is 0 Å². The van der Waals surface area contributed by atoms with Gasteiger partial charge in [0.2, 0.25) is 0 Å². The standard InChI is InChI=1S/C15H23NO2/c1-10-8-15(18-6)11(2)7-13(10)14(16(4)5)9-12(3)17/h7-8,14H,9H2,1-6H3. The third-order valence-corrected chi connectivity index (χ3v) is 3.25. The first kappa shape index (κ1) is 14.7.